The number of nitrogens with one attached hydrogen (secondary N) is 1. The molecule has 0 bridgehead atoms. The van der Waals surface area contributed by atoms with E-state index in [0.29, 0.717) is 0 Å². The second-order valence-electron chi connectivity index (χ2n) is 3.66. The van der Waals surface area contributed by atoms with Gasteiger partial charge in [0.2, 0.25) is 0 Å². The van der Waals surface area contributed by atoms with E-state index in [4.69, 9.17) is 0 Å². The van der Waals surface area contributed by atoms with E-state index in [1.54, 1.807) is 12.5 Å². The molecule has 2 aromatic rings. The lowest BCUT2D eigenvalue weighted by Gasteiger charge is -2.10. The number of benzene rings is 1. The quantitative estimate of drug-likeness (QED) is 0.860. The Kier molecular flexibility index (Phi) is 3.38. The molecule has 3 nitrogen and oxygen atoms in total. The highest BCUT2D eigenvalue weighted by molar-refractivity contribution is 14.1. The van der Waals surface area contributed by atoms with Crippen molar-refractivity contribution in [1.29, 1.82) is 0 Å². The number of anilines is 2. The molecule has 1 N–H and O–H groups in total. The van der Waals surface area contributed by atoms with Crippen molar-refractivity contribution in [3.05, 3.63) is 45.4 Å². The minimum Gasteiger partial charge on any atom is -0.339 e. The fourth-order valence-electron chi connectivity index (χ4n) is 1.40. The van der Waals surface area contributed by atoms with Crippen LogP contribution in [0, 0.1) is 17.4 Å². The highest BCUT2D eigenvalue weighted by Gasteiger charge is 2.03. The zero-order valence-electron chi connectivity index (χ0n) is 9.16. The molecular formula is C12H12IN3. The molecule has 0 unspecified atom stereocenters. The number of halogens is 1. The summed E-state index contributed by atoms with van der Waals surface area (Å²) in [6.45, 7) is 4.16. The Morgan fingerprint density at radius 3 is 2.81 bits per heavy atom. The highest BCUT2D eigenvalue weighted by Crippen LogP contribution is 2.22. The van der Waals surface area contributed by atoms with Crippen LogP contribution in [0.2, 0.25) is 0 Å². The smallest absolute Gasteiger partial charge is 0.147 e. The van der Waals surface area contributed by atoms with Gasteiger partial charge in [-0.1, -0.05) is 12.1 Å². The lowest BCUT2D eigenvalue weighted by atomic mass is 10.1. The van der Waals surface area contributed by atoms with Crippen LogP contribution in [0.25, 0.3) is 0 Å². The van der Waals surface area contributed by atoms with Gasteiger partial charge in [0.15, 0.2) is 0 Å². The van der Waals surface area contributed by atoms with E-state index in [0.717, 1.165) is 15.1 Å². The second kappa shape index (κ2) is 4.78. The van der Waals surface area contributed by atoms with Crippen LogP contribution in [0.4, 0.5) is 11.5 Å². The first-order valence-electron chi connectivity index (χ1n) is 4.96. The Bertz CT molecular complexity index is 511. The molecule has 4 heteroatoms. The van der Waals surface area contributed by atoms with E-state index in [9.17, 15) is 0 Å². The first-order valence-corrected chi connectivity index (χ1v) is 6.04. The third-order valence-electron chi connectivity index (χ3n) is 2.31. The largest absolute Gasteiger partial charge is 0.339 e. The topological polar surface area (TPSA) is 37.8 Å². The standard InChI is InChI=1S/C12H12IN3/c1-8-3-4-9(2)11(5-8)16-12-10(13)6-14-7-15-12/h3-7H,1-2H3,(H,14,15,16). The summed E-state index contributed by atoms with van der Waals surface area (Å²) in [5, 5.41) is 3.32. The van der Waals surface area contributed by atoms with Crippen LogP contribution in [-0.2, 0) is 0 Å². The predicted molar refractivity (Wildman–Crippen MR) is 73.9 cm³/mol. The van der Waals surface area contributed by atoms with Gasteiger partial charge in [0.1, 0.15) is 12.1 Å². The van der Waals surface area contributed by atoms with Crippen molar-refractivity contribution >= 4 is 34.1 Å². The van der Waals surface area contributed by atoms with Crippen LogP contribution in [-0.4, -0.2) is 9.97 Å². The van der Waals surface area contributed by atoms with Gasteiger partial charge in [-0.2, -0.15) is 0 Å². The zero-order valence-corrected chi connectivity index (χ0v) is 11.3. The first-order chi connectivity index (χ1) is 7.66. The number of aromatic nitrogens is 2. The van der Waals surface area contributed by atoms with Crippen molar-refractivity contribution in [1.82, 2.24) is 9.97 Å². The van der Waals surface area contributed by atoms with Crippen LogP contribution < -0.4 is 5.32 Å². The molecule has 16 heavy (non-hydrogen) atoms. The fraction of sp³-hybridized carbons (Fsp3) is 0.167. The average molecular weight is 325 g/mol. The van der Waals surface area contributed by atoms with Gasteiger partial charge in [-0.3, -0.25) is 0 Å². The normalized spacial score (nSPS) is 10.2. The average Bonchev–Trinajstić information content (AvgIpc) is 2.27. The minimum atomic E-state index is 0.851. The van der Waals surface area contributed by atoms with Gasteiger partial charge in [0.25, 0.3) is 0 Å². The summed E-state index contributed by atoms with van der Waals surface area (Å²) in [7, 11) is 0. The van der Waals surface area contributed by atoms with Gasteiger partial charge in [-0.05, 0) is 53.6 Å². The summed E-state index contributed by atoms with van der Waals surface area (Å²) in [5.41, 5.74) is 3.54. The molecule has 0 aliphatic rings. The zero-order chi connectivity index (χ0) is 11.5. The molecule has 0 aliphatic heterocycles. The Morgan fingerprint density at radius 1 is 1.25 bits per heavy atom. The van der Waals surface area contributed by atoms with Gasteiger partial charge in [-0.15, -0.1) is 0 Å². The van der Waals surface area contributed by atoms with Gasteiger partial charge in [-0.25, -0.2) is 9.97 Å². The number of hydrogen-bond acceptors (Lipinski definition) is 3. The Labute approximate surface area is 108 Å². The van der Waals surface area contributed by atoms with Crippen LogP contribution in [0.15, 0.2) is 30.7 Å². The van der Waals surface area contributed by atoms with Crippen molar-refractivity contribution < 1.29 is 0 Å². The van der Waals surface area contributed by atoms with Gasteiger partial charge in [0.05, 0.1) is 3.57 Å². The van der Waals surface area contributed by atoms with Gasteiger partial charge in [0, 0.05) is 11.9 Å². The molecule has 0 aliphatic carbocycles. The van der Waals surface area contributed by atoms with Crippen LogP contribution in [0.1, 0.15) is 11.1 Å². The lowest BCUT2D eigenvalue weighted by molar-refractivity contribution is 1.15. The molecule has 1 heterocycles. The van der Waals surface area contributed by atoms with E-state index >= 15 is 0 Å². The highest BCUT2D eigenvalue weighted by atomic mass is 127. The Morgan fingerprint density at radius 2 is 2.06 bits per heavy atom. The second-order valence-corrected chi connectivity index (χ2v) is 4.82. The summed E-state index contributed by atoms with van der Waals surface area (Å²) in [4.78, 5) is 8.18. The van der Waals surface area contributed by atoms with E-state index in [1.807, 2.05) is 0 Å². The molecule has 0 atom stereocenters. The SMILES string of the molecule is Cc1ccc(C)c(Nc2ncncc2I)c1. The molecule has 0 saturated carbocycles. The molecule has 1 aromatic carbocycles. The van der Waals surface area contributed by atoms with E-state index in [2.05, 4.69) is 69.9 Å². The summed E-state index contributed by atoms with van der Waals surface area (Å²) < 4.78 is 1.01. The summed E-state index contributed by atoms with van der Waals surface area (Å²) in [6.07, 6.45) is 3.34. The maximum Gasteiger partial charge on any atom is 0.147 e. The van der Waals surface area contributed by atoms with Crippen molar-refractivity contribution in [2.75, 3.05) is 5.32 Å². The number of rotatable bonds is 2. The Hall–Kier alpha value is -1.17. The third kappa shape index (κ3) is 2.49. The minimum absolute atomic E-state index is 0.851. The number of nitrogens with zero attached hydrogens (tertiary/aromatic N) is 2. The molecule has 0 saturated heterocycles. The molecule has 82 valence electrons. The monoisotopic (exact) mass is 325 g/mol. The van der Waals surface area contributed by atoms with Gasteiger partial charge >= 0.3 is 0 Å². The van der Waals surface area contributed by atoms with Crippen LogP contribution in [0.3, 0.4) is 0 Å². The van der Waals surface area contributed by atoms with Crippen molar-refractivity contribution in [2.45, 2.75) is 13.8 Å². The molecule has 0 radical (unpaired) electrons. The molecule has 0 spiro atoms. The Balaban J connectivity index is 2.34. The fourth-order valence-corrected chi connectivity index (χ4v) is 1.84. The maximum atomic E-state index is 4.21. The predicted octanol–water partition coefficient (Wildman–Crippen LogP) is 3.44. The van der Waals surface area contributed by atoms with Crippen LogP contribution >= 0.6 is 22.6 Å². The van der Waals surface area contributed by atoms with Crippen molar-refractivity contribution in [3.8, 4) is 0 Å². The molecule has 1 aromatic heterocycles. The van der Waals surface area contributed by atoms with E-state index in [-0.39, 0.29) is 0 Å². The van der Waals surface area contributed by atoms with Gasteiger partial charge < -0.3 is 5.32 Å². The third-order valence-corrected chi connectivity index (χ3v) is 3.10. The van der Waals surface area contributed by atoms with E-state index < -0.39 is 0 Å². The summed E-state index contributed by atoms with van der Waals surface area (Å²) in [5.74, 6) is 0.851. The first kappa shape index (κ1) is 11.3. The number of hydrogen-bond donors (Lipinski definition) is 1. The molecule has 2 rings (SSSR count). The van der Waals surface area contributed by atoms with E-state index in [1.165, 1.54) is 11.1 Å². The number of aryl methyl sites for hydroxylation is 2. The van der Waals surface area contributed by atoms with Crippen molar-refractivity contribution in [2.24, 2.45) is 0 Å². The molecular weight excluding hydrogens is 313 g/mol. The van der Waals surface area contributed by atoms with Crippen LogP contribution in [0.5, 0.6) is 0 Å². The summed E-state index contributed by atoms with van der Waals surface area (Å²) >= 11 is 2.22. The lowest BCUT2D eigenvalue weighted by Crippen LogP contribution is -1.98. The molecule has 0 fully saturated rings. The van der Waals surface area contributed by atoms with Crippen molar-refractivity contribution in [3.63, 3.8) is 0 Å². The molecule has 0 amide bonds. The summed E-state index contributed by atoms with van der Waals surface area (Å²) in [6, 6.07) is 6.32. The maximum absolute atomic E-state index is 4.21.